The Labute approximate surface area is 191 Å². The molecule has 11 heteroatoms. The third kappa shape index (κ3) is 7.17. The Morgan fingerprint density at radius 1 is 1.22 bits per heavy atom. The summed E-state index contributed by atoms with van der Waals surface area (Å²) >= 11 is 5.76. The molecule has 2 aromatic heterocycles. The average molecular weight is 459 g/mol. The molecule has 1 atom stereocenters. The summed E-state index contributed by atoms with van der Waals surface area (Å²) in [4.78, 5) is 38.8. The Bertz CT molecular complexity index is 923. The highest BCUT2D eigenvalue weighted by atomic mass is 35.5. The van der Waals surface area contributed by atoms with E-state index in [0.717, 1.165) is 25.2 Å². The predicted octanol–water partition coefficient (Wildman–Crippen LogP) is 1.34. The number of carbonyl (C=O) groups is 2. The Morgan fingerprint density at radius 3 is 2.81 bits per heavy atom. The number of amides is 2. The van der Waals surface area contributed by atoms with E-state index >= 15 is 0 Å². The van der Waals surface area contributed by atoms with Crippen LogP contribution >= 0.6 is 11.6 Å². The molecule has 0 spiro atoms. The van der Waals surface area contributed by atoms with Gasteiger partial charge in [-0.2, -0.15) is 0 Å². The fourth-order valence-corrected chi connectivity index (χ4v) is 3.14. The van der Waals surface area contributed by atoms with Gasteiger partial charge in [0.2, 0.25) is 11.9 Å². The Hall–Kier alpha value is -3.24. The number of likely N-dealkylation sites (N-methyl/N-ethyl adjacent to an activating group) is 1. The molecular formula is C21H27ClN8O2. The zero-order valence-corrected chi connectivity index (χ0v) is 18.6. The third-order valence-corrected chi connectivity index (χ3v) is 5.06. The molecule has 10 nitrogen and oxygen atoms in total. The SMILES string of the molecule is CN(C(=O)CCNCCCNc1ccc(Cl)nc1)C1CN=C(Nc2ccccn2)NC1=O. The fourth-order valence-electron chi connectivity index (χ4n) is 3.02. The van der Waals surface area contributed by atoms with Gasteiger partial charge in [0.25, 0.3) is 5.91 Å². The van der Waals surface area contributed by atoms with Crippen molar-refractivity contribution in [1.82, 2.24) is 25.5 Å². The maximum Gasteiger partial charge on any atom is 0.251 e. The van der Waals surface area contributed by atoms with Gasteiger partial charge in [-0.05, 0) is 37.2 Å². The van der Waals surface area contributed by atoms with Crippen molar-refractivity contribution in [3.63, 3.8) is 0 Å². The minimum Gasteiger partial charge on any atom is -0.384 e. The number of hydrogen-bond acceptors (Lipinski definition) is 8. The highest BCUT2D eigenvalue weighted by molar-refractivity contribution is 6.29. The summed E-state index contributed by atoms with van der Waals surface area (Å²) in [5.41, 5.74) is 0.915. The summed E-state index contributed by atoms with van der Waals surface area (Å²) in [6, 6.07) is 8.38. The number of carbonyl (C=O) groups excluding carboxylic acids is 2. The molecule has 0 aromatic carbocycles. The fraction of sp³-hybridized carbons (Fsp3) is 0.381. The second-order valence-electron chi connectivity index (χ2n) is 7.19. The van der Waals surface area contributed by atoms with Crippen molar-refractivity contribution >= 4 is 40.9 Å². The number of hydrogen-bond donors (Lipinski definition) is 4. The van der Waals surface area contributed by atoms with Gasteiger partial charge in [0.15, 0.2) is 0 Å². The van der Waals surface area contributed by atoms with Gasteiger partial charge in [0.05, 0.1) is 18.4 Å². The molecule has 0 saturated heterocycles. The smallest absolute Gasteiger partial charge is 0.251 e. The average Bonchev–Trinajstić information content (AvgIpc) is 2.80. The molecule has 3 heterocycles. The molecule has 0 saturated carbocycles. The van der Waals surface area contributed by atoms with E-state index in [9.17, 15) is 9.59 Å². The van der Waals surface area contributed by atoms with E-state index in [4.69, 9.17) is 11.6 Å². The highest BCUT2D eigenvalue weighted by Gasteiger charge is 2.30. The molecule has 170 valence electrons. The van der Waals surface area contributed by atoms with Crippen LogP contribution in [0.2, 0.25) is 5.15 Å². The van der Waals surface area contributed by atoms with Crippen LogP contribution in [0, 0.1) is 0 Å². The first-order valence-corrected chi connectivity index (χ1v) is 10.8. The molecule has 4 N–H and O–H groups in total. The predicted molar refractivity (Wildman–Crippen MR) is 125 cm³/mol. The number of rotatable bonds is 10. The summed E-state index contributed by atoms with van der Waals surface area (Å²) in [7, 11) is 1.63. The van der Waals surface area contributed by atoms with E-state index in [0.29, 0.717) is 29.9 Å². The first-order valence-electron chi connectivity index (χ1n) is 10.4. The molecule has 32 heavy (non-hydrogen) atoms. The van der Waals surface area contributed by atoms with Gasteiger partial charge in [-0.3, -0.25) is 14.9 Å². The molecule has 0 bridgehead atoms. The molecule has 0 aliphatic carbocycles. The van der Waals surface area contributed by atoms with Crippen molar-refractivity contribution in [2.24, 2.45) is 4.99 Å². The molecule has 3 rings (SSSR count). The Balaban J connectivity index is 1.32. The van der Waals surface area contributed by atoms with Crippen LogP contribution in [0.25, 0.3) is 0 Å². The lowest BCUT2D eigenvalue weighted by molar-refractivity contribution is -0.138. The number of nitrogens with one attached hydrogen (secondary N) is 4. The maximum atomic E-state index is 12.5. The van der Waals surface area contributed by atoms with Crippen molar-refractivity contribution < 1.29 is 9.59 Å². The molecule has 2 aromatic rings. The zero-order valence-electron chi connectivity index (χ0n) is 17.8. The monoisotopic (exact) mass is 458 g/mol. The van der Waals surface area contributed by atoms with Gasteiger partial charge < -0.3 is 20.9 Å². The largest absolute Gasteiger partial charge is 0.384 e. The quantitative estimate of drug-likeness (QED) is 0.313. The van der Waals surface area contributed by atoms with E-state index in [1.54, 1.807) is 37.6 Å². The maximum absolute atomic E-state index is 12.5. The minimum atomic E-state index is -0.631. The van der Waals surface area contributed by atoms with Gasteiger partial charge in [-0.15, -0.1) is 0 Å². The molecule has 1 aliphatic heterocycles. The van der Waals surface area contributed by atoms with Gasteiger partial charge in [0.1, 0.15) is 17.0 Å². The second-order valence-corrected chi connectivity index (χ2v) is 7.58. The third-order valence-electron chi connectivity index (χ3n) is 4.84. The Morgan fingerprint density at radius 2 is 2.09 bits per heavy atom. The molecule has 0 fully saturated rings. The molecule has 1 unspecified atom stereocenters. The van der Waals surface area contributed by atoms with E-state index in [-0.39, 0.29) is 18.4 Å². The second kappa shape index (κ2) is 12.0. The van der Waals surface area contributed by atoms with Crippen LogP contribution < -0.4 is 21.3 Å². The van der Waals surface area contributed by atoms with Crippen LogP contribution in [0.15, 0.2) is 47.7 Å². The summed E-state index contributed by atoms with van der Waals surface area (Å²) < 4.78 is 0. The van der Waals surface area contributed by atoms with E-state index in [1.807, 2.05) is 12.1 Å². The molecular weight excluding hydrogens is 432 g/mol. The Kier molecular flexibility index (Phi) is 8.76. The highest BCUT2D eigenvalue weighted by Crippen LogP contribution is 2.09. The van der Waals surface area contributed by atoms with Crippen LogP contribution in [0.1, 0.15) is 12.8 Å². The number of guanidine groups is 1. The zero-order chi connectivity index (χ0) is 22.8. The number of nitrogens with zero attached hydrogens (tertiary/aromatic N) is 4. The van der Waals surface area contributed by atoms with Gasteiger partial charge in [0, 0.05) is 32.8 Å². The summed E-state index contributed by atoms with van der Waals surface area (Å²) in [6.45, 7) is 2.28. The van der Waals surface area contributed by atoms with Gasteiger partial charge >= 0.3 is 0 Å². The summed E-state index contributed by atoms with van der Waals surface area (Å²) in [6.07, 6.45) is 4.52. The number of aliphatic imine (C=N–C) groups is 1. The van der Waals surface area contributed by atoms with Gasteiger partial charge in [-0.25, -0.2) is 15.0 Å². The minimum absolute atomic E-state index is 0.112. The number of anilines is 2. The topological polar surface area (TPSA) is 124 Å². The summed E-state index contributed by atoms with van der Waals surface area (Å²) in [5.74, 6) is 0.528. The van der Waals surface area contributed by atoms with Gasteiger partial charge in [-0.1, -0.05) is 17.7 Å². The lowest BCUT2D eigenvalue weighted by atomic mass is 10.2. The number of aromatic nitrogens is 2. The number of halogens is 1. The van der Waals surface area contributed by atoms with Crippen LogP contribution in [0.3, 0.4) is 0 Å². The van der Waals surface area contributed by atoms with Crippen LogP contribution in [0.5, 0.6) is 0 Å². The van der Waals surface area contributed by atoms with Crippen molar-refractivity contribution in [2.45, 2.75) is 18.9 Å². The van der Waals surface area contributed by atoms with Crippen LogP contribution in [0.4, 0.5) is 11.5 Å². The summed E-state index contributed by atoms with van der Waals surface area (Å²) in [5, 5.41) is 12.6. The first kappa shape index (κ1) is 23.4. The van der Waals surface area contributed by atoms with E-state index < -0.39 is 6.04 Å². The number of pyridine rings is 2. The van der Waals surface area contributed by atoms with Crippen LogP contribution in [-0.2, 0) is 9.59 Å². The molecule has 0 radical (unpaired) electrons. The molecule has 2 amide bonds. The van der Waals surface area contributed by atoms with E-state index in [1.165, 1.54) is 4.90 Å². The lowest BCUT2D eigenvalue weighted by Crippen LogP contribution is -2.55. The normalized spacial score (nSPS) is 15.5. The lowest BCUT2D eigenvalue weighted by Gasteiger charge is -2.29. The van der Waals surface area contributed by atoms with Crippen molar-refractivity contribution in [3.05, 3.63) is 47.9 Å². The standard InChI is InChI=1S/C21H27ClN8O2/c1-30(16-14-27-21(29-20(16)32)28-18-5-2-3-10-25-18)19(31)8-12-23-9-4-11-24-15-6-7-17(22)26-13-15/h2-3,5-7,10,13,16,23-24H,4,8-9,11-12,14H2,1H3,(H2,25,27,28,29,32). The van der Waals surface area contributed by atoms with Crippen molar-refractivity contribution in [1.29, 1.82) is 0 Å². The first-order chi connectivity index (χ1) is 15.5. The van der Waals surface area contributed by atoms with Crippen molar-refractivity contribution in [2.75, 3.05) is 43.9 Å². The van der Waals surface area contributed by atoms with Crippen molar-refractivity contribution in [3.8, 4) is 0 Å². The molecule has 1 aliphatic rings. The van der Waals surface area contributed by atoms with E-state index in [2.05, 4.69) is 36.2 Å². The van der Waals surface area contributed by atoms with Crippen LogP contribution in [-0.4, -0.2) is 71.9 Å².